The minimum Gasteiger partial charge on any atom is -0.459 e. The number of rotatable bonds is 7. The van der Waals surface area contributed by atoms with Crippen molar-refractivity contribution in [3.8, 4) is 0 Å². The Hall–Kier alpha value is -2.41. The van der Waals surface area contributed by atoms with Gasteiger partial charge < -0.3 is 15.8 Å². The Labute approximate surface area is 148 Å². The van der Waals surface area contributed by atoms with E-state index in [0.717, 1.165) is 0 Å². The number of nitrogens with zero attached hydrogens (tertiary/aromatic N) is 1. The summed E-state index contributed by atoms with van der Waals surface area (Å²) in [6, 6.07) is 7.99. The van der Waals surface area contributed by atoms with Gasteiger partial charge in [0.1, 0.15) is 18.2 Å². The Bertz CT molecular complexity index is 596. The van der Waals surface area contributed by atoms with Crippen LogP contribution in [0.25, 0.3) is 0 Å². The molecule has 25 heavy (non-hydrogen) atoms. The summed E-state index contributed by atoms with van der Waals surface area (Å²) in [5.41, 5.74) is 5.24. The standard InChI is InChI=1S/C18H27N3O4/c1-13(20-15(22)10-11-19)17(24)21(14-8-6-5-7-9-14)12-16(23)25-18(2,3)4/h5-9,13H,10-12,19H2,1-4H3,(H,20,22)/t13-/m0/s1. The summed E-state index contributed by atoms with van der Waals surface area (Å²) in [6.07, 6.45) is 0.134. The normalized spacial score (nSPS) is 12.2. The number of nitrogens with one attached hydrogen (secondary N) is 1. The van der Waals surface area contributed by atoms with E-state index in [1.807, 2.05) is 6.07 Å². The van der Waals surface area contributed by atoms with Crippen molar-refractivity contribution in [3.05, 3.63) is 30.3 Å². The van der Waals surface area contributed by atoms with Crippen molar-refractivity contribution in [2.24, 2.45) is 5.73 Å². The first-order valence-electron chi connectivity index (χ1n) is 8.21. The van der Waals surface area contributed by atoms with Gasteiger partial charge >= 0.3 is 5.97 Å². The number of carbonyl (C=O) groups is 3. The van der Waals surface area contributed by atoms with Gasteiger partial charge in [-0.2, -0.15) is 0 Å². The third kappa shape index (κ3) is 7.34. The van der Waals surface area contributed by atoms with Crippen molar-refractivity contribution in [1.82, 2.24) is 5.32 Å². The minimum absolute atomic E-state index is 0.134. The first-order valence-corrected chi connectivity index (χ1v) is 8.21. The molecule has 0 heterocycles. The van der Waals surface area contributed by atoms with Crippen LogP contribution in [0.3, 0.4) is 0 Å². The van der Waals surface area contributed by atoms with Gasteiger partial charge in [-0.3, -0.25) is 19.3 Å². The second-order valence-electron chi connectivity index (χ2n) is 6.67. The Morgan fingerprint density at radius 1 is 1.20 bits per heavy atom. The Morgan fingerprint density at radius 3 is 2.32 bits per heavy atom. The molecule has 0 spiro atoms. The average molecular weight is 349 g/mol. The van der Waals surface area contributed by atoms with Gasteiger partial charge in [-0.1, -0.05) is 18.2 Å². The second kappa shape index (κ2) is 9.17. The Balaban J connectivity index is 2.93. The molecule has 0 aliphatic heterocycles. The lowest BCUT2D eigenvalue weighted by Crippen LogP contribution is -2.49. The third-order valence-corrected chi connectivity index (χ3v) is 3.16. The number of benzene rings is 1. The van der Waals surface area contributed by atoms with Gasteiger partial charge in [0.25, 0.3) is 0 Å². The van der Waals surface area contributed by atoms with Gasteiger partial charge in [0.05, 0.1) is 0 Å². The molecule has 1 rings (SSSR count). The number of anilines is 1. The predicted octanol–water partition coefficient (Wildman–Crippen LogP) is 1.21. The number of esters is 1. The molecule has 0 radical (unpaired) electrons. The summed E-state index contributed by atoms with van der Waals surface area (Å²) in [7, 11) is 0. The lowest BCUT2D eigenvalue weighted by Gasteiger charge is -2.27. The van der Waals surface area contributed by atoms with E-state index in [1.54, 1.807) is 52.0 Å². The summed E-state index contributed by atoms with van der Waals surface area (Å²) in [6.45, 7) is 6.81. The molecule has 7 heteroatoms. The van der Waals surface area contributed by atoms with Crippen molar-refractivity contribution in [1.29, 1.82) is 0 Å². The number of amides is 2. The molecule has 0 aliphatic rings. The van der Waals surface area contributed by atoms with Crippen LogP contribution in [0.15, 0.2) is 30.3 Å². The first-order chi connectivity index (χ1) is 11.6. The largest absolute Gasteiger partial charge is 0.459 e. The highest BCUT2D eigenvalue weighted by Gasteiger charge is 2.27. The van der Waals surface area contributed by atoms with Gasteiger partial charge in [-0.15, -0.1) is 0 Å². The maximum absolute atomic E-state index is 12.8. The average Bonchev–Trinajstić information content (AvgIpc) is 2.51. The fraction of sp³-hybridized carbons (Fsp3) is 0.500. The number of nitrogens with two attached hydrogens (primary N) is 1. The monoisotopic (exact) mass is 349 g/mol. The highest BCUT2D eigenvalue weighted by Crippen LogP contribution is 2.16. The molecule has 0 saturated carbocycles. The van der Waals surface area contributed by atoms with Crippen LogP contribution in [0, 0.1) is 0 Å². The van der Waals surface area contributed by atoms with Crippen molar-refractivity contribution < 1.29 is 19.1 Å². The van der Waals surface area contributed by atoms with Crippen LogP contribution >= 0.6 is 0 Å². The van der Waals surface area contributed by atoms with Gasteiger partial charge in [-0.05, 0) is 39.8 Å². The molecule has 0 fully saturated rings. The fourth-order valence-corrected chi connectivity index (χ4v) is 2.15. The van der Waals surface area contributed by atoms with Crippen LogP contribution in [-0.4, -0.2) is 42.5 Å². The van der Waals surface area contributed by atoms with Gasteiger partial charge in [0.2, 0.25) is 11.8 Å². The number of hydrogen-bond acceptors (Lipinski definition) is 5. The van der Waals surface area contributed by atoms with E-state index in [0.29, 0.717) is 5.69 Å². The maximum Gasteiger partial charge on any atom is 0.326 e. The molecule has 0 unspecified atom stereocenters. The van der Waals surface area contributed by atoms with Crippen LogP contribution in [0.1, 0.15) is 34.1 Å². The van der Waals surface area contributed by atoms with E-state index in [2.05, 4.69) is 5.32 Å². The summed E-state index contributed by atoms with van der Waals surface area (Å²) in [4.78, 5) is 37.9. The number of ether oxygens (including phenoxy) is 1. The molecule has 1 aromatic rings. The molecule has 0 saturated heterocycles. The predicted molar refractivity (Wildman–Crippen MR) is 95.9 cm³/mol. The highest BCUT2D eigenvalue weighted by atomic mass is 16.6. The number of carbonyl (C=O) groups excluding carboxylic acids is 3. The zero-order chi connectivity index (χ0) is 19.0. The smallest absolute Gasteiger partial charge is 0.326 e. The number of para-hydroxylation sites is 1. The Morgan fingerprint density at radius 2 is 1.80 bits per heavy atom. The summed E-state index contributed by atoms with van der Waals surface area (Å²) >= 11 is 0. The quantitative estimate of drug-likeness (QED) is 0.721. The minimum atomic E-state index is -0.790. The van der Waals surface area contributed by atoms with E-state index in [4.69, 9.17) is 10.5 Å². The fourth-order valence-electron chi connectivity index (χ4n) is 2.15. The SMILES string of the molecule is C[C@H](NC(=O)CCN)C(=O)N(CC(=O)OC(C)(C)C)c1ccccc1. The molecule has 0 bridgehead atoms. The maximum atomic E-state index is 12.8. The highest BCUT2D eigenvalue weighted by molar-refractivity contribution is 6.02. The van der Waals surface area contributed by atoms with E-state index < -0.39 is 23.5 Å². The molecule has 0 aromatic heterocycles. The summed E-state index contributed by atoms with van der Waals surface area (Å²) < 4.78 is 5.30. The molecule has 2 amide bonds. The summed E-state index contributed by atoms with van der Waals surface area (Å²) in [5, 5.41) is 2.59. The van der Waals surface area contributed by atoms with Crippen LogP contribution in [0.2, 0.25) is 0 Å². The van der Waals surface area contributed by atoms with Gasteiger partial charge in [0.15, 0.2) is 0 Å². The molecule has 1 atom stereocenters. The van der Waals surface area contributed by atoms with Crippen LogP contribution < -0.4 is 16.0 Å². The van der Waals surface area contributed by atoms with Crippen LogP contribution in [-0.2, 0) is 19.1 Å². The second-order valence-corrected chi connectivity index (χ2v) is 6.67. The molecule has 138 valence electrons. The summed E-state index contributed by atoms with van der Waals surface area (Å²) in [5.74, 6) is -1.23. The topological polar surface area (TPSA) is 102 Å². The molecule has 3 N–H and O–H groups in total. The van der Waals surface area contributed by atoms with Crippen molar-refractivity contribution in [2.75, 3.05) is 18.0 Å². The van der Waals surface area contributed by atoms with Crippen LogP contribution in [0.5, 0.6) is 0 Å². The van der Waals surface area contributed by atoms with Crippen molar-refractivity contribution in [3.63, 3.8) is 0 Å². The zero-order valence-electron chi connectivity index (χ0n) is 15.2. The van der Waals surface area contributed by atoms with E-state index in [9.17, 15) is 14.4 Å². The molecule has 7 nitrogen and oxygen atoms in total. The number of hydrogen-bond donors (Lipinski definition) is 2. The lowest BCUT2D eigenvalue weighted by atomic mass is 10.2. The van der Waals surface area contributed by atoms with E-state index in [-0.39, 0.29) is 25.4 Å². The Kier molecular flexibility index (Phi) is 7.57. The van der Waals surface area contributed by atoms with Crippen molar-refractivity contribution >= 4 is 23.5 Å². The lowest BCUT2D eigenvalue weighted by molar-refractivity contribution is -0.153. The molecular weight excluding hydrogens is 322 g/mol. The molecular formula is C18H27N3O4. The first kappa shape index (κ1) is 20.6. The van der Waals surface area contributed by atoms with E-state index >= 15 is 0 Å². The van der Waals surface area contributed by atoms with Crippen LogP contribution in [0.4, 0.5) is 5.69 Å². The zero-order valence-corrected chi connectivity index (χ0v) is 15.2. The van der Waals surface area contributed by atoms with Gasteiger partial charge in [0, 0.05) is 18.7 Å². The molecule has 1 aromatic carbocycles. The van der Waals surface area contributed by atoms with E-state index in [1.165, 1.54) is 4.90 Å². The van der Waals surface area contributed by atoms with Crippen molar-refractivity contribution in [2.45, 2.75) is 45.8 Å². The molecule has 0 aliphatic carbocycles. The third-order valence-electron chi connectivity index (χ3n) is 3.16. The van der Waals surface area contributed by atoms with Gasteiger partial charge in [-0.25, -0.2) is 0 Å².